The van der Waals surface area contributed by atoms with Crippen molar-refractivity contribution in [2.24, 2.45) is 0 Å². The molecule has 3 rings (SSSR count). The number of rotatable bonds is 18. The molecule has 0 saturated carbocycles. The number of para-hydroxylation sites is 1. The summed E-state index contributed by atoms with van der Waals surface area (Å²) in [6.07, 6.45) is 19.8. The first-order chi connectivity index (χ1) is 18.1. The molecule has 5 heteroatoms. The number of hydrogen-bond acceptors (Lipinski definition) is 4. The summed E-state index contributed by atoms with van der Waals surface area (Å²) in [5.41, 5.74) is 1.42. The van der Waals surface area contributed by atoms with E-state index in [-0.39, 0.29) is 17.1 Å². The van der Waals surface area contributed by atoms with Crippen molar-refractivity contribution in [3.05, 3.63) is 66.4 Å². The molecule has 2 aromatic carbocycles. The van der Waals surface area contributed by atoms with Gasteiger partial charge in [-0.1, -0.05) is 82.8 Å². The third-order valence-corrected chi connectivity index (χ3v) is 7.02. The van der Waals surface area contributed by atoms with Crippen LogP contribution in [-0.2, 0) is 11.3 Å². The smallest absolute Gasteiger partial charge is 0.341 e. The number of benzene rings is 2. The maximum absolute atomic E-state index is 12.0. The van der Waals surface area contributed by atoms with Crippen LogP contribution < -0.4 is 4.57 Å². The van der Waals surface area contributed by atoms with Crippen molar-refractivity contribution in [3.8, 4) is 11.5 Å². The molecule has 0 aliphatic heterocycles. The molecular formula is C32H44NO4+. The summed E-state index contributed by atoms with van der Waals surface area (Å²) in [5, 5.41) is 20.3. The number of aromatic nitrogens is 1. The molecule has 0 radical (unpaired) electrons. The minimum absolute atomic E-state index is 0.0763. The molecule has 1 heterocycles. The van der Waals surface area contributed by atoms with Gasteiger partial charge in [0, 0.05) is 30.0 Å². The predicted molar refractivity (Wildman–Crippen MR) is 149 cm³/mol. The lowest BCUT2D eigenvalue weighted by Crippen LogP contribution is -2.33. The van der Waals surface area contributed by atoms with Crippen molar-refractivity contribution in [1.82, 2.24) is 0 Å². The van der Waals surface area contributed by atoms with Crippen LogP contribution in [0.4, 0.5) is 0 Å². The van der Waals surface area contributed by atoms with E-state index in [1.54, 1.807) is 0 Å². The summed E-state index contributed by atoms with van der Waals surface area (Å²) < 4.78 is 7.60. The minimum atomic E-state index is -0.544. The summed E-state index contributed by atoms with van der Waals surface area (Å²) in [6.45, 7) is 1.47. The van der Waals surface area contributed by atoms with Gasteiger partial charge in [0.15, 0.2) is 6.20 Å². The highest BCUT2D eigenvalue weighted by Crippen LogP contribution is 2.23. The number of carbonyl (C=O) groups excluding carboxylic acids is 1. The van der Waals surface area contributed by atoms with Crippen LogP contribution in [0.25, 0.3) is 10.9 Å². The monoisotopic (exact) mass is 506 g/mol. The third kappa shape index (κ3) is 10.4. The highest BCUT2D eigenvalue weighted by atomic mass is 16.5. The molecule has 200 valence electrons. The minimum Gasteiger partial charge on any atom is -0.508 e. The number of nitrogens with zero attached hydrogens (tertiary/aromatic N) is 1. The normalized spacial score (nSPS) is 11.1. The van der Waals surface area contributed by atoms with Gasteiger partial charge in [0.1, 0.15) is 23.6 Å². The van der Waals surface area contributed by atoms with E-state index in [0.29, 0.717) is 6.61 Å². The number of phenolic OH excluding ortho intramolecular Hbond substituents is 2. The molecule has 3 aromatic rings. The molecule has 0 fully saturated rings. The van der Waals surface area contributed by atoms with Crippen molar-refractivity contribution in [1.29, 1.82) is 0 Å². The number of ether oxygens (including phenoxy) is 1. The number of aryl methyl sites for hydroxylation is 1. The van der Waals surface area contributed by atoms with E-state index < -0.39 is 5.97 Å². The number of fused-ring (bicyclic) bond motifs is 1. The molecule has 0 aliphatic rings. The zero-order valence-electron chi connectivity index (χ0n) is 22.2. The highest BCUT2D eigenvalue weighted by Gasteiger charge is 2.12. The SMILES string of the molecule is O=C(OCCCCCCCCCCCCCCCC[n+]1cccc2ccccc21)c1ccc(O)cc1O. The Hall–Kier alpha value is -3.08. The van der Waals surface area contributed by atoms with E-state index in [9.17, 15) is 15.0 Å². The number of carbonyl (C=O) groups is 1. The lowest BCUT2D eigenvalue weighted by atomic mass is 10.0. The van der Waals surface area contributed by atoms with E-state index in [1.165, 1.54) is 100 Å². The molecule has 5 nitrogen and oxygen atoms in total. The Morgan fingerprint density at radius 2 is 1.24 bits per heavy atom. The summed E-state index contributed by atoms with van der Waals surface area (Å²) in [7, 11) is 0. The van der Waals surface area contributed by atoms with Gasteiger partial charge in [-0.15, -0.1) is 0 Å². The second kappa shape index (κ2) is 16.6. The van der Waals surface area contributed by atoms with Crippen molar-refractivity contribution in [2.45, 2.75) is 96.4 Å². The maximum Gasteiger partial charge on any atom is 0.341 e. The average Bonchev–Trinajstić information content (AvgIpc) is 2.90. The summed E-state index contributed by atoms with van der Waals surface area (Å²) in [6, 6.07) is 16.8. The molecule has 37 heavy (non-hydrogen) atoms. The maximum atomic E-state index is 12.0. The second-order valence-electron chi connectivity index (χ2n) is 10.0. The van der Waals surface area contributed by atoms with E-state index in [4.69, 9.17) is 4.74 Å². The first kappa shape index (κ1) is 28.5. The number of esters is 1. The zero-order chi connectivity index (χ0) is 26.1. The number of phenols is 2. The standard InChI is InChI=1S/C32H43NO4/c34-28-21-22-29(31(35)26-28)32(36)37-25-16-12-10-8-6-4-2-1-3-5-7-9-11-15-23-33-24-17-19-27-18-13-14-20-30(27)33/h13-14,17-22,24,26H,1-12,15-16,23,25H2,(H-,34,35,36)/p+1. The predicted octanol–water partition coefficient (Wildman–Crippen LogP) is 7.86. The Labute approximate surface area is 222 Å². The Morgan fingerprint density at radius 1 is 0.676 bits per heavy atom. The molecule has 0 unspecified atom stereocenters. The molecular weight excluding hydrogens is 462 g/mol. The lowest BCUT2D eigenvalue weighted by molar-refractivity contribution is -0.671. The Bertz CT molecular complexity index is 1080. The first-order valence-corrected chi connectivity index (χ1v) is 14.2. The number of aromatic hydroxyl groups is 2. The van der Waals surface area contributed by atoms with Gasteiger partial charge in [0.2, 0.25) is 5.52 Å². The van der Waals surface area contributed by atoms with Crippen molar-refractivity contribution < 1.29 is 24.3 Å². The molecule has 0 amide bonds. The van der Waals surface area contributed by atoms with Crippen molar-refractivity contribution in [3.63, 3.8) is 0 Å². The van der Waals surface area contributed by atoms with E-state index in [1.807, 2.05) is 0 Å². The van der Waals surface area contributed by atoms with Crippen LogP contribution in [-0.4, -0.2) is 22.8 Å². The van der Waals surface area contributed by atoms with Crippen LogP contribution in [0.1, 0.15) is 100 Å². The number of pyridine rings is 1. The van der Waals surface area contributed by atoms with Crippen LogP contribution >= 0.6 is 0 Å². The largest absolute Gasteiger partial charge is 0.508 e. The molecule has 0 aliphatic carbocycles. The van der Waals surface area contributed by atoms with Gasteiger partial charge in [-0.2, -0.15) is 4.57 Å². The molecule has 0 bridgehead atoms. The fraction of sp³-hybridized carbons (Fsp3) is 0.500. The molecule has 1 aromatic heterocycles. The number of unbranched alkanes of at least 4 members (excludes halogenated alkanes) is 13. The van der Waals surface area contributed by atoms with Crippen molar-refractivity contribution >= 4 is 16.9 Å². The summed E-state index contributed by atoms with van der Waals surface area (Å²) in [5.74, 6) is -0.873. The zero-order valence-corrected chi connectivity index (χ0v) is 22.2. The van der Waals surface area contributed by atoms with Gasteiger partial charge in [-0.05, 0) is 37.1 Å². The molecule has 2 N–H and O–H groups in total. The lowest BCUT2D eigenvalue weighted by Gasteiger charge is -2.07. The topological polar surface area (TPSA) is 70.6 Å². The van der Waals surface area contributed by atoms with Crippen LogP contribution in [0, 0.1) is 0 Å². The second-order valence-corrected chi connectivity index (χ2v) is 10.0. The average molecular weight is 507 g/mol. The Balaban J connectivity index is 1.07. The van der Waals surface area contributed by atoms with Crippen LogP contribution in [0.3, 0.4) is 0 Å². The van der Waals surface area contributed by atoms with Crippen LogP contribution in [0.2, 0.25) is 0 Å². The summed E-state index contributed by atoms with van der Waals surface area (Å²) in [4.78, 5) is 12.0. The molecule has 0 saturated heterocycles. The van der Waals surface area contributed by atoms with Gasteiger partial charge in [0.25, 0.3) is 0 Å². The summed E-state index contributed by atoms with van der Waals surface area (Å²) >= 11 is 0. The molecule has 0 atom stereocenters. The first-order valence-electron chi connectivity index (χ1n) is 14.2. The van der Waals surface area contributed by atoms with Gasteiger partial charge in [0.05, 0.1) is 6.61 Å². The van der Waals surface area contributed by atoms with Gasteiger partial charge < -0.3 is 14.9 Å². The van der Waals surface area contributed by atoms with E-state index in [0.717, 1.165) is 25.5 Å². The van der Waals surface area contributed by atoms with Gasteiger partial charge >= 0.3 is 5.97 Å². The fourth-order valence-corrected chi connectivity index (χ4v) is 4.86. The van der Waals surface area contributed by atoms with Gasteiger partial charge in [-0.25, -0.2) is 4.79 Å². The quantitative estimate of drug-likeness (QED) is 0.105. The number of hydrogen-bond donors (Lipinski definition) is 2. The van der Waals surface area contributed by atoms with Crippen LogP contribution in [0.15, 0.2) is 60.8 Å². The Kier molecular flexibility index (Phi) is 12.8. The fourth-order valence-electron chi connectivity index (χ4n) is 4.86. The van der Waals surface area contributed by atoms with E-state index in [2.05, 4.69) is 47.2 Å². The van der Waals surface area contributed by atoms with Crippen LogP contribution in [0.5, 0.6) is 11.5 Å². The highest BCUT2D eigenvalue weighted by molar-refractivity contribution is 5.92. The van der Waals surface area contributed by atoms with Gasteiger partial charge in [-0.3, -0.25) is 0 Å². The van der Waals surface area contributed by atoms with E-state index >= 15 is 0 Å². The Morgan fingerprint density at radius 3 is 1.89 bits per heavy atom. The third-order valence-electron chi connectivity index (χ3n) is 7.02. The van der Waals surface area contributed by atoms with Crippen molar-refractivity contribution in [2.75, 3.05) is 6.61 Å². The molecule has 0 spiro atoms.